The average Bonchev–Trinajstić information content (AvgIpc) is 3.35. The molecule has 0 saturated heterocycles. The first-order valence-electron chi connectivity index (χ1n) is 11.7. The molecule has 0 aliphatic heterocycles. The van der Waals surface area contributed by atoms with Crippen molar-refractivity contribution in [2.24, 2.45) is 12.8 Å². The van der Waals surface area contributed by atoms with Crippen molar-refractivity contribution in [3.63, 3.8) is 0 Å². The van der Waals surface area contributed by atoms with E-state index in [9.17, 15) is 18.0 Å². The second kappa shape index (κ2) is 10.1. The number of sulfonamides is 1. The van der Waals surface area contributed by atoms with E-state index in [0.717, 1.165) is 18.4 Å². The average molecular weight is 512 g/mol. The Labute approximate surface area is 208 Å². The van der Waals surface area contributed by atoms with Crippen LogP contribution in [0.25, 0.3) is 11.0 Å². The minimum Gasteiger partial charge on any atom is -0.481 e. The van der Waals surface area contributed by atoms with Gasteiger partial charge >= 0.3 is 5.97 Å². The largest absolute Gasteiger partial charge is 0.481 e. The summed E-state index contributed by atoms with van der Waals surface area (Å²) in [6.45, 7) is 0. The van der Waals surface area contributed by atoms with E-state index in [-0.39, 0.29) is 23.9 Å². The zero-order valence-electron chi connectivity index (χ0n) is 20.0. The Morgan fingerprint density at radius 2 is 1.86 bits per heavy atom. The molecule has 4 N–H and O–H groups in total. The van der Waals surface area contributed by atoms with Gasteiger partial charge in [0.25, 0.3) is 5.56 Å². The molecular weight excluding hydrogens is 482 g/mol. The van der Waals surface area contributed by atoms with Crippen molar-refractivity contribution in [3.05, 3.63) is 69.6 Å². The van der Waals surface area contributed by atoms with Crippen molar-refractivity contribution in [1.29, 1.82) is 5.41 Å². The molecule has 1 fully saturated rings. The van der Waals surface area contributed by atoms with Gasteiger partial charge in [0, 0.05) is 25.1 Å². The molecule has 1 heterocycles. The first-order valence-corrected chi connectivity index (χ1v) is 13.3. The van der Waals surface area contributed by atoms with Crippen molar-refractivity contribution < 1.29 is 18.3 Å². The lowest BCUT2D eigenvalue weighted by molar-refractivity contribution is -0.136. The molecule has 0 amide bonds. The molecule has 0 unspecified atom stereocenters. The van der Waals surface area contributed by atoms with Gasteiger partial charge in [0.1, 0.15) is 11.5 Å². The number of nitrogens with one attached hydrogen (secondary N) is 1. The number of hydrogen-bond acceptors (Lipinski definition) is 6. The van der Waals surface area contributed by atoms with E-state index in [1.54, 1.807) is 49.5 Å². The second-order valence-corrected chi connectivity index (χ2v) is 11.0. The topological polar surface area (TPSA) is 159 Å². The minimum absolute atomic E-state index is 0.0426. The number of hydrogen-bond donors (Lipinski definition) is 3. The Balaban J connectivity index is 1.75. The third kappa shape index (κ3) is 5.25. The lowest BCUT2D eigenvalue weighted by Gasteiger charge is -2.30. The highest BCUT2D eigenvalue weighted by Crippen LogP contribution is 2.32. The predicted molar refractivity (Wildman–Crippen MR) is 138 cm³/mol. The van der Waals surface area contributed by atoms with Gasteiger partial charge in [-0.3, -0.25) is 19.3 Å². The molecule has 36 heavy (non-hydrogen) atoms. The van der Waals surface area contributed by atoms with E-state index >= 15 is 0 Å². The predicted octanol–water partition coefficient (Wildman–Crippen LogP) is 2.36. The van der Waals surface area contributed by atoms with Gasteiger partial charge in [-0.15, -0.1) is 0 Å². The molecule has 1 saturated carbocycles. The molecule has 190 valence electrons. The summed E-state index contributed by atoms with van der Waals surface area (Å²) in [6.07, 6.45) is 3.00. The van der Waals surface area contributed by atoms with Gasteiger partial charge in [0.05, 0.1) is 28.9 Å². The molecular formula is C25H29N5O5S. The van der Waals surface area contributed by atoms with Crippen molar-refractivity contribution in [3.8, 4) is 0 Å². The van der Waals surface area contributed by atoms with Crippen LogP contribution >= 0.6 is 0 Å². The number of aromatic nitrogens is 2. The summed E-state index contributed by atoms with van der Waals surface area (Å²) in [6, 6.07) is 11.7. The highest BCUT2D eigenvalue weighted by atomic mass is 32.2. The van der Waals surface area contributed by atoms with Crippen molar-refractivity contribution in [2.45, 2.75) is 44.6 Å². The van der Waals surface area contributed by atoms with E-state index in [2.05, 4.69) is 4.98 Å². The van der Waals surface area contributed by atoms with Crippen LogP contribution in [0, 0.1) is 5.41 Å². The molecule has 1 aliphatic rings. The third-order valence-corrected chi connectivity index (χ3v) is 8.38. The number of aliphatic carboxylic acids is 1. The number of fused-ring (bicyclic) bond motifs is 1. The smallest absolute Gasteiger partial charge is 0.304 e. The lowest BCUT2D eigenvalue weighted by atomic mass is 10.1. The first kappa shape index (κ1) is 25.4. The number of carbonyl (C=O) groups is 1. The fraction of sp³-hybridized carbons (Fsp3) is 0.360. The number of benzene rings is 2. The van der Waals surface area contributed by atoms with Crippen molar-refractivity contribution >= 4 is 38.5 Å². The van der Waals surface area contributed by atoms with Crippen LogP contribution in [0.5, 0.6) is 0 Å². The SMILES string of the molecule is Cn1c(=O)c(Cc2ccc(C(=N)N)cc2)nc2cc(N(C3CCCC3)S(=O)(=O)CCC(=O)O)ccc21. The summed E-state index contributed by atoms with van der Waals surface area (Å²) in [7, 11) is -2.24. The number of rotatable bonds is 9. The number of nitrogens with zero attached hydrogens (tertiary/aromatic N) is 3. The normalized spacial score (nSPS) is 14.2. The fourth-order valence-electron chi connectivity index (χ4n) is 4.68. The quantitative estimate of drug-likeness (QED) is 0.294. The number of nitrogen functional groups attached to an aromatic ring is 1. The molecule has 3 aromatic rings. The summed E-state index contributed by atoms with van der Waals surface area (Å²) < 4.78 is 29.3. The highest BCUT2D eigenvalue weighted by Gasteiger charge is 2.33. The van der Waals surface area contributed by atoms with Gasteiger partial charge in [0.2, 0.25) is 10.0 Å². The van der Waals surface area contributed by atoms with Gasteiger partial charge in [-0.2, -0.15) is 0 Å². The van der Waals surface area contributed by atoms with Crippen LogP contribution in [-0.2, 0) is 28.3 Å². The number of carboxylic acid groups (broad SMARTS) is 1. The second-order valence-electron chi connectivity index (χ2n) is 9.08. The monoisotopic (exact) mass is 511 g/mol. The molecule has 0 spiro atoms. The van der Waals surface area contributed by atoms with Gasteiger partial charge in [0.15, 0.2) is 0 Å². The molecule has 0 bridgehead atoms. The Morgan fingerprint density at radius 1 is 1.19 bits per heavy atom. The molecule has 1 aromatic heterocycles. The van der Waals surface area contributed by atoms with Crippen LogP contribution in [0.2, 0.25) is 0 Å². The maximum absolute atomic E-state index is 13.2. The minimum atomic E-state index is -3.88. The van der Waals surface area contributed by atoms with Crippen LogP contribution < -0.4 is 15.6 Å². The van der Waals surface area contributed by atoms with Crippen molar-refractivity contribution in [2.75, 3.05) is 10.1 Å². The van der Waals surface area contributed by atoms with Crippen LogP contribution in [-0.4, -0.2) is 46.7 Å². The van der Waals surface area contributed by atoms with Crippen LogP contribution in [0.15, 0.2) is 47.3 Å². The Kier molecular flexibility index (Phi) is 7.11. The molecule has 11 heteroatoms. The lowest BCUT2D eigenvalue weighted by Crippen LogP contribution is -2.40. The van der Waals surface area contributed by atoms with Gasteiger partial charge in [-0.1, -0.05) is 37.1 Å². The molecule has 0 atom stereocenters. The summed E-state index contributed by atoms with van der Waals surface area (Å²) in [5.74, 6) is -1.70. The number of aryl methyl sites for hydroxylation is 1. The van der Waals surface area contributed by atoms with Crippen molar-refractivity contribution in [1.82, 2.24) is 9.55 Å². The maximum atomic E-state index is 13.2. The van der Waals surface area contributed by atoms with E-state index in [1.165, 1.54) is 8.87 Å². The summed E-state index contributed by atoms with van der Waals surface area (Å²) in [5.41, 5.74) is 8.42. The van der Waals surface area contributed by atoms with Gasteiger partial charge < -0.3 is 15.4 Å². The number of amidine groups is 1. The Bertz CT molecular complexity index is 1480. The van der Waals surface area contributed by atoms with Gasteiger partial charge in [-0.05, 0) is 36.6 Å². The molecule has 4 rings (SSSR count). The van der Waals surface area contributed by atoms with Gasteiger partial charge in [-0.25, -0.2) is 13.4 Å². The summed E-state index contributed by atoms with van der Waals surface area (Å²) in [5, 5.41) is 16.6. The zero-order chi connectivity index (χ0) is 26.0. The van der Waals surface area contributed by atoms with E-state index in [4.69, 9.17) is 16.2 Å². The number of anilines is 1. The number of carboxylic acids is 1. The maximum Gasteiger partial charge on any atom is 0.304 e. The third-order valence-electron chi connectivity index (χ3n) is 6.55. The molecule has 0 radical (unpaired) electrons. The van der Waals surface area contributed by atoms with E-state index in [0.29, 0.717) is 40.8 Å². The summed E-state index contributed by atoms with van der Waals surface area (Å²) in [4.78, 5) is 28.6. The van der Waals surface area contributed by atoms with Crippen LogP contribution in [0.4, 0.5) is 5.69 Å². The standard InChI is InChI=1S/C25H29N5O5S/c1-29-22-11-10-19(30(18-4-2-3-5-18)36(34,35)13-12-23(31)32)15-20(22)28-21(25(29)33)14-16-6-8-17(9-7-16)24(26)27/h6-11,15,18H,2-5,12-14H2,1H3,(H3,26,27)(H,31,32). The molecule has 2 aromatic carbocycles. The highest BCUT2D eigenvalue weighted by molar-refractivity contribution is 7.92. The number of nitrogens with two attached hydrogens (primary N) is 1. The van der Waals surface area contributed by atoms with E-state index < -0.39 is 28.2 Å². The molecule has 1 aliphatic carbocycles. The Hall–Kier alpha value is -3.73. The zero-order valence-corrected chi connectivity index (χ0v) is 20.8. The fourth-order valence-corrected chi connectivity index (χ4v) is 6.41. The van der Waals surface area contributed by atoms with Crippen LogP contribution in [0.3, 0.4) is 0 Å². The van der Waals surface area contributed by atoms with E-state index in [1.807, 2.05) is 0 Å². The summed E-state index contributed by atoms with van der Waals surface area (Å²) >= 11 is 0. The molecule has 10 nitrogen and oxygen atoms in total. The Morgan fingerprint density at radius 3 is 2.47 bits per heavy atom. The van der Waals surface area contributed by atoms with Crippen LogP contribution in [0.1, 0.15) is 48.9 Å². The first-order chi connectivity index (χ1) is 17.1.